The van der Waals surface area contributed by atoms with Gasteiger partial charge in [-0.3, -0.25) is 4.79 Å². The van der Waals surface area contributed by atoms with E-state index >= 15 is 0 Å². The number of thioether (sulfide) groups is 1. The van der Waals surface area contributed by atoms with Crippen LogP contribution >= 0.6 is 11.8 Å². The number of benzene rings is 2. The van der Waals surface area contributed by atoms with Crippen LogP contribution in [0.1, 0.15) is 42.5 Å². The molecule has 0 bridgehead atoms. The number of hydrogen-bond acceptors (Lipinski definition) is 5. The van der Waals surface area contributed by atoms with Gasteiger partial charge in [-0.25, -0.2) is 5.43 Å². The number of hydrogen-bond donors (Lipinski definition) is 1. The Morgan fingerprint density at radius 1 is 1.07 bits per heavy atom. The summed E-state index contributed by atoms with van der Waals surface area (Å²) >= 11 is 1.57. The Balaban J connectivity index is 1.83. The van der Waals surface area contributed by atoms with Gasteiger partial charge in [0.2, 0.25) is 5.91 Å². The van der Waals surface area contributed by atoms with Crippen molar-refractivity contribution in [3.8, 4) is 11.5 Å². The zero-order chi connectivity index (χ0) is 21.1. The largest absolute Gasteiger partial charge is 0.490 e. The van der Waals surface area contributed by atoms with Crippen molar-refractivity contribution in [1.29, 1.82) is 0 Å². The van der Waals surface area contributed by atoms with Crippen molar-refractivity contribution in [1.82, 2.24) is 5.43 Å². The Morgan fingerprint density at radius 3 is 2.52 bits per heavy atom. The number of nitrogens with zero attached hydrogens (tertiary/aromatic N) is 1. The van der Waals surface area contributed by atoms with E-state index in [1.54, 1.807) is 18.0 Å². The molecule has 0 saturated carbocycles. The molecule has 0 atom stereocenters. The van der Waals surface area contributed by atoms with Crippen LogP contribution in [0.4, 0.5) is 0 Å². The monoisotopic (exact) mass is 414 g/mol. The van der Waals surface area contributed by atoms with Crippen LogP contribution in [0.3, 0.4) is 0 Å². The quantitative estimate of drug-likeness (QED) is 0.421. The van der Waals surface area contributed by atoms with E-state index in [4.69, 9.17) is 9.47 Å². The molecule has 1 N–H and O–H groups in total. The van der Waals surface area contributed by atoms with Crippen LogP contribution < -0.4 is 14.9 Å². The molecular formula is C23H30N2O3S. The van der Waals surface area contributed by atoms with Crippen molar-refractivity contribution in [2.45, 2.75) is 39.9 Å². The molecule has 0 aliphatic heterocycles. The van der Waals surface area contributed by atoms with Crippen LogP contribution in [0.5, 0.6) is 11.5 Å². The summed E-state index contributed by atoms with van der Waals surface area (Å²) in [6, 6.07) is 12.1. The van der Waals surface area contributed by atoms with Crippen LogP contribution in [0.15, 0.2) is 41.5 Å². The lowest BCUT2D eigenvalue weighted by Gasteiger charge is -2.11. The van der Waals surface area contributed by atoms with Crippen molar-refractivity contribution in [2.24, 2.45) is 5.10 Å². The first-order chi connectivity index (χ1) is 14.0. The molecule has 2 aromatic carbocycles. The third kappa shape index (κ3) is 8.20. The van der Waals surface area contributed by atoms with Gasteiger partial charge in [-0.15, -0.1) is 11.8 Å². The van der Waals surface area contributed by atoms with Crippen molar-refractivity contribution in [3.63, 3.8) is 0 Å². The summed E-state index contributed by atoms with van der Waals surface area (Å²) in [5.74, 6) is 2.44. The Morgan fingerprint density at radius 2 is 1.83 bits per heavy atom. The standard InChI is InChI=1S/C23H30N2O3S/c1-5-9-28-21-8-7-19(13-22(21)27-6-2)14-24-25-23(26)16-29-15-20-11-17(3)10-18(4)12-20/h7-8,10-14H,5-6,9,15-16H2,1-4H3,(H,25,26)/b24-14-. The molecule has 0 radical (unpaired) electrons. The predicted molar refractivity (Wildman–Crippen MR) is 121 cm³/mol. The number of nitrogens with one attached hydrogen (secondary N) is 1. The van der Waals surface area contributed by atoms with Crippen molar-refractivity contribution >= 4 is 23.9 Å². The average Bonchev–Trinajstić information content (AvgIpc) is 2.67. The molecule has 0 unspecified atom stereocenters. The van der Waals surface area contributed by atoms with Crippen LogP contribution in [0.2, 0.25) is 0 Å². The van der Waals surface area contributed by atoms with E-state index in [1.807, 2.05) is 25.1 Å². The minimum absolute atomic E-state index is 0.122. The van der Waals surface area contributed by atoms with Gasteiger partial charge in [-0.05, 0) is 56.5 Å². The molecule has 5 nitrogen and oxygen atoms in total. The zero-order valence-corrected chi connectivity index (χ0v) is 18.5. The predicted octanol–water partition coefficient (Wildman–Crippen LogP) is 4.87. The minimum Gasteiger partial charge on any atom is -0.490 e. The van der Waals surface area contributed by atoms with Gasteiger partial charge < -0.3 is 9.47 Å². The number of hydrazone groups is 1. The maximum absolute atomic E-state index is 12.0. The highest BCUT2D eigenvalue weighted by molar-refractivity contribution is 7.99. The van der Waals surface area contributed by atoms with Gasteiger partial charge in [0.25, 0.3) is 0 Å². The summed E-state index contributed by atoms with van der Waals surface area (Å²) in [7, 11) is 0. The lowest BCUT2D eigenvalue weighted by molar-refractivity contribution is -0.118. The molecule has 156 valence electrons. The number of amides is 1. The summed E-state index contributed by atoms with van der Waals surface area (Å²) in [6.07, 6.45) is 2.54. The van der Waals surface area contributed by atoms with E-state index < -0.39 is 0 Å². The molecule has 6 heteroatoms. The van der Waals surface area contributed by atoms with Gasteiger partial charge in [0.1, 0.15) is 0 Å². The molecule has 29 heavy (non-hydrogen) atoms. The molecule has 0 aliphatic rings. The third-order valence-corrected chi connectivity index (χ3v) is 4.92. The Bertz CT molecular complexity index is 817. The minimum atomic E-state index is -0.122. The van der Waals surface area contributed by atoms with Gasteiger partial charge >= 0.3 is 0 Å². The second kappa shape index (κ2) is 12.2. The second-order valence-corrected chi connectivity index (χ2v) is 7.76. The lowest BCUT2D eigenvalue weighted by Crippen LogP contribution is -2.19. The fourth-order valence-electron chi connectivity index (χ4n) is 2.83. The van der Waals surface area contributed by atoms with Gasteiger partial charge in [0.05, 0.1) is 25.2 Å². The number of carbonyl (C=O) groups is 1. The number of carbonyl (C=O) groups excluding carboxylic acids is 1. The normalized spacial score (nSPS) is 10.9. The first kappa shape index (κ1) is 22.8. The van der Waals surface area contributed by atoms with Crippen LogP contribution in [-0.4, -0.2) is 31.1 Å². The van der Waals surface area contributed by atoms with Crippen LogP contribution in [0, 0.1) is 13.8 Å². The molecule has 0 saturated heterocycles. The topological polar surface area (TPSA) is 59.9 Å². The van der Waals surface area contributed by atoms with E-state index in [1.165, 1.54) is 16.7 Å². The number of aryl methyl sites for hydroxylation is 2. The molecule has 0 spiro atoms. The summed E-state index contributed by atoms with van der Waals surface area (Å²) in [5.41, 5.74) is 7.13. The maximum Gasteiger partial charge on any atom is 0.250 e. The van der Waals surface area contributed by atoms with E-state index in [0.29, 0.717) is 24.7 Å². The molecular weight excluding hydrogens is 384 g/mol. The molecule has 0 fully saturated rings. The summed E-state index contributed by atoms with van der Waals surface area (Å²) in [5, 5.41) is 4.05. The van der Waals surface area contributed by atoms with Gasteiger partial charge in [-0.1, -0.05) is 36.2 Å². The average molecular weight is 415 g/mol. The summed E-state index contributed by atoms with van der Waals surface area (Å²) in [4.78, 5) is 12.0. The molecule has 1 amide bonds. The highest BCUT2D eigenvalue weighted by Gasteiger charge is 2.06. The zero-order valence-electron chi connectivity index (χ0n) is 17.7. The lowest BCUT2D eigenvalue weighted by atomic mass is 10.1. The fourth-order valence-corrected chi connectivity index (χ4v) is 3.58. The highest BCUT2D eigenvalue weighted by Crippen LogP contribution is 2.28. The fraction of sp³-hybridized carbons (Fsp3) is 0.391. The third-order valence-electron chi connectivity index (χ3n) is 3.92. The summed E-state index contributed by atoms with van der Waals surface area (Å²) < 4.78 is 11.3. The second-order valence-electron chi connectivity index (χ2n) is 6.77. The van der Waals surface area contributed by atoms with E-state index in [2.05, 4.69) is 49.5 Å². The SMILES string of the molecule is CCCOc1ccc(/C=N\NC(=O)CSCc2cc(C)cc(C)c2)cc1OCC. The summed E-state index contributed by atoms with van der Waals surface area (Å²) in [6.45, 7) is 9.36. The van der Waals surface area contributed by atoms with Gasteiger partial charge in [0.15, 0.2) is 11.5 Å². The first-order valence-corrected chi connectivity index (χ1v) is 11.0. The van der Waals surface area contributed by atoms with Crippen LogP contribution in [0.25, 0.3) is 0 Å². The number of ether oxygens (including phenoxy) is 2. The molecule has 0 aliphatic carbocycles. The molecule has 2 aromatic rings. The number of rotatable bonds is 11. The van der Waals surface area contributed by atoms with Crippen molar-refractivity contribution < 1.29 is 14.3 Å². The van der Waals surface area contributed by atoms with E-state index in [9.17, 15) is 4.79 Å². The Hall–Kier alpha value is -2.47. The van der Waals surface area contributed by atoms with Crippen LogP contribution in [-0.2, 0) is 10.5 Å². The van der Waals surface area contributed by atoms with Crippen molar-refractivity contribution in [3.05, 3.63) is 58.7 Å². The molecule has 0 heterocycles. The Kier molecular flexibility index (Phi) is 9.57. The highest BCUT2D eigenvalue weighted by atomic mass is 32.2. The van der Waals surface area contributed by atoms with E-state index in [-0.39, 0.29) is 5.91 Å². The Labute approximate surface area is 177 Å². The maximum atomic E-state index is 12.0. The van der Waals surface area contributed by atoms with Gasteiger partial charge in [0, 0.05) is 5.75 Å². The van der Waals surface area contributed by atoms with Crippen molar-refractivity contribution in [2.75, 3.05) is 19.0 Å². The molecule has 0 aromatic heterocycles. The molecule has 2 rings (SSSR count). The first-order valence-electron chi connectivity index (χ1n) is 9.88. The van der Waals surface area contributed by atoms with Gasteiger partial charge in [-0.2, -0.15) is 5.10 Å². The smallest absolute Gasteiger partial charge is 0.250 e. The van der Waals surface area contributed by atoms with E-state index in [0.717, 1.165) is 23.5 Å².